The average Bonchev–Trinajstić information content (AvgIpc) is 2.74. The Morgan fingerprint density at radius 2 is 2.45 bits per heavy atom. The van der Waals surface area contributed by atoms with Gasteiger partial charge in [-0.2, -0.15) is 5.10 Å². The minimum Gasteiger partial charge on any atom is -0.384 e. The van der Waals surface area contributed by atoms with Crippen molar-refractivity contribution < 1.29 is 0 Å². The van der Waals surface area contributed by atoms with Gasteiger partial charge in [0.05, 0.1) is 12.2 Å². The fraction of sp³-hybridized carbons (Fsp3) is 0.625. The number of nitrogen functional groups attached to an aromatic ring is 1. The van der Waals surface area contributed by atoms with Gasteiger partial charge in [0.15, 0.2) is 0 Å². The molecule has 1 saturated carbocycles. The molecule has 11 heavy (non-hydrogen) atoms. The van der Waals surface area contributed by atoms with Gasteiger partial charge in [0, 0.05) is 0 Å². The smallest absolute Gasteiger partial charge is 0.121 e. The second kappa shape index (κ2) is 2.26. The zero-order valence-corrected chi connectivity index (χ0v) is 6.70. The largest absolute Gasteiger partial charge is 0.384 e. The van der Waals surface area contributed by atoms with E-state index in [1.165, 1.54) is 12.8 Å². The molecule has 60 valence electrons. The third kappa shape index (κ3) is 1.11. The zero-order chi connectivity index (χ0) is 7.84. The number of aromatic nitrogens is 2. The predicted molar refractivity (Wildman–Crippen MR) is 44.1 cm³/mol. The Hall–Kier alpha value is -0.990. The van der Waals surface area contributed by atoms with Crippen LogP contribution in [0.1, 0.15) is 25.8 Å². The number of hydrogen-bond acceptors (Lipinski definition) is 2. The summed E-state index contributed by atoms with van der Waals surface area (Å²) in [6, 6.07) is 2.34. The Labute approximate surface area is 66.2 Å². The molecule has 3 nitrogen and oxygen atoms in total. The van der Waals surface area contributed by atoms with E-state index in [9.17, 15) is 0 Å². The van der Waals surface area contributed by atoms with Crippen molar-refractivity contribution in [3.8, 4) is 0 Å². The molecule has 0 amide bonds. The molecule has 1 atom stereocenters. The normalized spacial score (nSPS) is 20.1. The Morgan fingerprint density at radius 3 is 2.91 bits per heavy atom. The summed E-state index contributed by atoms with van der Waals surface area (Å²) < 4.78 is 1.91. The summed E-state index contributed by atoms with van der Waals surface area (Å²) in [6.45, 7) is 2.18. The molecule has 0 unspecified atom stereocenters. The van der Waals surface area contributed by atoms with Crippen LogP contribution in [0.2, 0.25) is 0 Å². The van der Waals surface area contributed by atoms with Crippen molar-refractivity contribution in [2.24, 2.45) is 5.92 Å². The second-order valence-electron chi connectivity index (χ2n) is 3.28. The monoisotopic (exact) mass is 151 g/mol. The van der Waals surface area contributed by atoms with Crippen molar-refractivity contribution in [2.75, 3.05) is 5.73 Å². The van der Waals surface area contributed by atoms with Gasteiger partial charge in [-0.1, -0.05) is 0 Å². The van der Waals surface area contributed by atoms with Crippen LogP contribution in [0.15, 0.2) is 12.3 Å². The Bertz CT molecular complexity index is 250. The molecule has 3 heteroatoms. The molecule has 2 rings (SSSR count). The zero-order valence-electron chi connectivity index (χ0n) is 6.70. The summed E-state index contributed by atoms with van der Waals surface area (Å²) >= 11 is 0. The molecule has 0 aromatic carbocycles. The van der Waals surface area contributed by atoms with Crippen LogP contribution >= 0.6 is 0 Å². The third-order valence-electron chi connectivity index (χ3n) is 2.39. The van der Waals surface area contributed by atoms with Gasteiger partial charge in [0.1, 0.15) is 5.82 Å². The highest BCUT2D eigenvalue weighted by Gasteiger charge is 2.30. The summed E-state index contributed by atoms with van der Waals surface area (Å²) in [4.78, 5) is 0. The molecule has 0 aliphatic heterocycles. The highest BCUT2D eigenvalue weighted by Crippen LogP contribution is 2.39. The van der Waals surface area contributed by atoms with Gasteiger partial charge in [-0.05, 0) is 31.7 Å². The molecular formula is C8H13N3. The number of nitrogens with two attached hydrogens (primary N) is 1. The number of anilines is 1. The molecule has 0 radical (unpaired) electrons. The van der Waals surface area contributed by atoms with E-state index >= 15 is 0 Å². The SMILES string of the molecule is C[C@H](C1CC1)n1nccc1N. The average molecular weight is 151 g/mol. The molecule has 0 bridgehead atoms. The fourth-order valence-corrected chi connectivity index (χ4v) is 1.44. The third-order valence-corrected chi connectivity index (χ3v) is 2.39. The van der Waals surface area contributed by atoms with E-state index in [4.69, 9.17) is 5.73 Å². The van der Waals surface area contributed by atoms with Crippen molar-refractivity contribution in [2.45, 2.75) is 25.8 Å². The van der Waals surface area contributed by atoms with E-state index < -0.39 is 0 Å². The molecule has 1 aliphatic carbocycles. The number of nitrogens with zero attached hydrogens (tertiary/aromatic N) is 2. The molecule has 2 N–H and O–H groups in total. The van der Waals surface area contributed by atoms with E-state index in [0.717, 1.165) is 11.7 Å². The van der Waals surface area contributed by atoms with E-state index in [1.54, 1.807) is 6.20 Å². The molecule has 0 saturated heterocycles. The standard InChI is InChI=1S/C8H13N3/c1-6(7-2-3-7)11-8(9)4-5-10-11/h4-7H,2-3,9H2,1H3/t6-/m1/s1. The first-order valence-corrected chi connectivity index (χ1v) is 4.08. The Balaban J connectivity index is 2.20. The molecule has 1 aromatic heterocycles. The lowest BCUT2D eigenvalue weighted by Gasteiger charge is -2.11. The van der Waals surface area contributed by atoms with Gasteiger partial charge in [-0.25, -0.2) is 4.68 Å². The molecule has 1 fully saturated rings. The fourth-order valence-electron chi connectivity index (χ4n) is 1.44. The van der Waals surface area contributed by atoms with Gasteiger partial charge < -0.3 is 5.73 Å². The van der Waals surface area contributed by atoms with Crippen molar-refractivity contribution >= 4 is 5.82 Å². The highest BCUT2D eigenvalue weighted by molar-refractivity contribution is 5.26. The first-order chi connectivity index (χ1) is 5.29. The van der Waals surface area contributed by atoms with Crippen LogP contribution in [0.3, 0.4) is 0 Å². The molecule has 1 heterocycles. The first kappa shape index (κ1) is 6.70. The van der Waals surface area contributed by atoms with Crippen molar-refractivity contribution in [3.05, 3.63) is 12.3 Å². The van der Waals surface area contributed by atoms with Crippen LogP contribution in [-0.2, 0) is 0 Å². The molecule has 0 spiro atoms. The Kier molecular flexibility index (Phi) is 1.37. The maximum atomic E-state index is 5.71. The maximum Gasteiger partial charge on any atom is 0.121 e. The number of rotatable bonds is 2. The first-order valence-electron chi connectivity index (χ1n) is 4.08. The second-order valence-corrected chi connectivity index (χ2v) is 3.28. The van der Waals surface area contributed by atoms with Crippen LogP contribution < -0.4 is 5.73 Å². The lowest BCUT2D eigenvalue weighted by Crippen LogP contribution is -2.11. The van der Waals surface area contributed by atoms with E-state index in [-0.39, 0.29) is 0 Å². The lowest BCUT2D eigenvalue weighted by molar-refractivity contribution is 0.446. The molecular weight excluding hydrogens is 138 g/mol. The summed E-state index contributed by atoms with van der Waals surface area (Å²) in [5.41, 5.74) is 5.71. The highest BCUT2D eigenvalue weighted by atomic mass is 15.3. The van der Waals surface area contributed by atoms with E-state index in [2.05, 4.69) is 12.0 Å². The topological polar surface area (TPSA) is 43.8 Å². The molecule has 1 aromatic rings. The quantitative estimate of drug-likeness (QED) is 0.695. The van der Waals surface area contributed by atoms with E-state index in [0.29, 0.717) is 6.04 Å². The van der Waals surface area contributed by atoms with Gasteiger partial charge in [-0.3, -0.25) is 0 Å². The van der Waals surface area contributed by atoms with Crippen LogP contribution in [0.4, 0.5) is 5.82 Å². The van der Waals surface area contributed by atoms with Crippen LogP contribution in [0.5, 0.6) is 0 Å². The lowest BCUT2D eigenvalue weighted by atomic mass is 10.2. The van der Waals surface area contributed by atoms with Crippen LogP contribution in [-0.4, -0.2) is 9.78 Å². The summed E-state index contributed by atoms with van der Waals surface area (Å²) in [6.07, 6.45) is 4.43. The van der Waals surface area contributed by atoms with Gasteiger partial charge in [-0.15, -0.1) is 0 Å². The van der Waals surface area contributed by atoms with Crippen molar-refractivity contribution in [1.29, 1.82) is 0 Å². The minimum atomic E-state index is 0.491. The van der Waals surface area contributed by atoms with Gasteiger partial charge in [0.2, 0.25) is 0 Å². The van der Waals surface area contributed by atoms with Gasteiger partial charge >= 0.3 is 0 Å². The minimum absolute atomic E-state index is 0.491. The van der Waals surface area contributed by atoms with Gasteiger partial charge in [0.25, 0.3) is 0 Å². The summed E-state index contributed by atoms with van der Waals surface area (Å²) in [7, 11) is 0. The summed E-state index contributed by atoms with van der Waals surface area (Å²) in [5.74, 6) is 1.60. The summed E-state index contributed by atoms with van der Waals surface area (Å²) in [5, 5.41) is 4.17. The van der Waals surface area contributed by atoms with Crippen molar-refractivity contribution in [1.82, 2.24) is 9.78 Å². The van der Waals surface area contributed by atoms with E-state index in [1.807, 2.05) is 10.7 Å². The maximum absolute atomic E-state index is 5.71. The Morgan fingerprint density at radius 1 is 1.73 bits per heavy atom. The molecule has 1 aliphatic rings. The van der Waals surface area contributed by atoms with Crippen LogP contribution in [0, 0.1) is 5.92 Å². The number of hydrogen-bond donors (Lipinski definition) is 1. The van der Waals surface area contributed by atoms with Crippen LogP contribution in [0.25, 0.3) is 0 Å². The predicted octanol–water partition coefficient (Wildman–Crippen LogP) is 1.44. The van der Waals surface area contributed by atoms with Crippen molar-refractivity contribution in [3.63, 3.8) is 0 Å².